The minimum Gasteiger partial charge on any atom is -0.463 e. The van der Waals surface area contributed by atoms with E-state index in [0.29, 0.717) is 12.3 Å². The van der Waals surface area contributed by atoms with Crippen LogP contribution in [-0.4, -0.2) is 24.5 Å². The molecule has 0 radical (unpaired) electrons. The second-order valence-corrected chi connectivity index (χ2v) is 5.18. The molecular weight excluding hydrogens is 262 g/mol. The van der Waals surface area contributed by atoms with Crippen LogP contribution in [0.4, 0.5) is 0 Å². The summed E-state index contributed by atoms with van der Waals surface area (Å²) >= 11 is 1.74. The topological polar surface area (TPSA) is 42.7 Å². The van der Waals surface area contributed by atoms with Gasteiger partial charge in [-0.3, -0.25) is 4.90 Å². The number of hydrogen-bond donors (Lipinski definition) is 0. The number of esters is 1. The smallest absolute Gasteiger partial charge is 0.374 e. The molecule has 0 saturated heterocycles. The first-order valence-electron chi connectivity index (χ1n) is 6.14. The molecule has 0 amide bonds. The first-order valence-corrected chi connectivity index (χ1v) is 7.02. The third-order valence-corrected chi connectivity index (χ3v) is 3.78. The van der Waals surface area contributed by atoms with Gasteiger partial charge in [0.2, 0.25) is 5.76 Å². The Hall–Kier alpha value is -1.59. The molecule has 0 spiro atoms. The predicted octanol–water partition coefficient (Wildman–Crippen LogP) is 3.15. The molecule has 0 saturated carbocycles. The minimum atomic E-state index is -0.424. The normalized spacial score (nSPS) is 10.9. The molecule has 2 aromatic rings. The number of thiophene rings is 1. The van der Waals surface area contributed by atoms with Crippen LogP contribution in [0, 0.1) is 0 Å². The van der Waals surface area contributed by atoms with Gasteiger partial charge in [0.1, 0.15) is 0 Å². The molecule has 0 atom stereocenters. The zero-order valence-corrected chi connectivity index (χ0v) is 11.9. The summed E-state index contributed by atoms with van der Waals surface area (Å²) in [4.78, 5) is 15.1. The van der Waals surface area contributed by atoms with Crippen LogP contribution in [0.15, 0.2) is 34.3 Å². The predicted molar refractivity (Wildman–Crippen MR) is 74.2 cm³/mol. The van der Waals surface area contributed by atoms with E-state index < -0.39 is 5.97 Å². The van der Waals surface area contributed by atoms with Crippen molar-refractivity contribution in [3.05, 3.63) is 46.0 Å². The maximum absolute atomic E-state index is 11.5. The monoisotopic (exact) mass is 279 g/mol. The molecule has 4 nitrogen and oxygen atoms in total. The quantitative estimate of drug-likeness (QED) is 0.762. The van der Waals surface area contributed by atoms with Crippen molar-refractivity contribution in [2.75, 3.05) is 13.7 Å². The van der Waals surface area contributed by atoms with E-state index in [-0.39, 0.29) is 0 Å². The lowest BCUT2D eigenvalue weighted by molar-refractivity contribution is 0.0561. The summed E-state index contributed by atoms with van der Waals surface area (Å²) in [5, 5.41) is 2.07. The summed E-state index contributed by atoms with van der Waals surface area (Å²) in [5.41, 5.74) is 0.866. The Morgan fingerprint density at radius 1 is 1.42 bits per heavy atom. The fraction of sp³-hybridized carbons (Fsp3) is 0.357. The Labute approximate surface area is 116 Å². The number of carbonyl (C=O) groups excluding carboxylic acids is 1. The number of ether oxygens (including phenoxy) is 1. The highest BCUT2D eigenvalue weighted by atomic mass is 32.1. The first kappa shape index (κ1) is 13.8. The molecule has 0 aliphatic carbocycles. The summed E-state index contributed by atoms with van der Waals surface area (Å²) in [7, 11) is 1.36. The molecule has 2 rings (SSSR count). The Morgan fingerprint density at radius 3 is 2.89 bits per heavy atom. The summed E-state index contributed by atoms with van der Waals surface area (Å²) in [5.74, 6) is -0.126. The average Bonchev–Trinajstić information content (AvgIpc) is 3.08. The number of furan rings is 1. The van der Waals surface area contributed by atoms with Gasteiger partial charge >= 0.3 is 5.97 Å². The van der Waals surface area contributed by atoms with Gasteiger partial charge in [-0.05, 0) is 24.1 Å². The van der Waals surface area contributed by atoms with Crippen molar-refractivity contribution in [1.29, 1.82) is 0 Å². The van der Waals surface area contributed by atoms with Crippen molar-refractivity contribution in [2.45, 2.75) is 20.0 Å². The van der Waals surface area contributed by atoms with Crippen molar-refractivity contribution < 1.29 is 13.9 Å². The fourth-order valence-electron chi connectivity index (χ4n) is 1.88. The molecule has 2 heterocycles. The molecule has 0 unspecified atom stereocenters. The van der Waals surface area contributed by atoms with Crippen LogP contribution < -0.4 is 0 Å². The molecule has 5 heteroatoms. The summed E-state index contributed by atoms with van der Waals surface area (Å²) in [6.07, 6.45) is 1.53. The van der Waals surface area contributed by atoms with Crippen LogP contribution >= 0.6 is 11.3 Å². The Bertz CT molecular complexity index is 519. The van der Waals surface area contributed by atoms with Crippen LogP contribution in [0.3, 0.4) is 0 Å². The second kappa shape index (κ2) is 6.54. The number of hydrogen-bond acceptors (Lipinski definition) is 5. The van der Waals surface area contributed by atoms with Crippen LogP contribution in [0.25, 0.3) is 0 Å². The summed E-state index contributed by atoms with van der Waals surface area (Å²) < 4.78 is 9.91. The van der Waals surface area contributed by atoms with E-state index >= 15 is 0 Å². The van der Waals surface area contributed by atoms with Crippen molar-refractivity contribution >= 4 is 17.3 Å². The lowest BCUT2D eigenvalue weighted by Crippen LogP contribution is -2.22. The molecule has 0 bridgehead atoms. The highest BCUT2D eigenvalue weighted by Crippen LogP contribution is 2.17. The van der Waals surface area contributed by atoms with Gasteiger partial charge < -0.3 is 9.15 Å². The van der Waals surface area contributed by atoms with Gasteiger partial charge in [0.15, 0.2) is 0 Å². The van der Waals surface area contributed by atoms with Crippen LogP contribution in [0.5, 0.6) is 0 Å². The molecule has 102 valence electrons. The molecule has 0 fully saturated rings. The van der Waals surface area contributed by atoms with Gasteiger partial charge in [-0.2, -0.15) is 0 Å². The summed E-state index contributed by atoms with van der Waals surface area (Å²) in [6.45, 7) is 4.56. The number of carbonyl (C=O) groups is 1. The van der Waals surface area contributed by atoms with Gasteiger partial charge in [0.25, 0.3) is 0 Å². The van der Waals surface area contributed by atoms with Gasteiger partial charge in [0.05, 0.1) is 13.4 Å². The van der Waals surface area contributed by atoms with Crippen LogP contribution in [0.1, 0.15) is 27.9 Å². The van der Waals surface area contributed by atoms with Crippen molar-refractivity contribution in [2.24, 2.45) is 0 Å². The summed E-state index contributed by atoms with van der Waals surface area (Å²) in [6, 6.07) is 5.98. The third kappa shape index (κ3) is 3.45. The Kier molecular flexibility index (Phi) is 4.76. The second-order valence-electron chi connectivity index (χ2n) is 4.15. The zero-order valence-electron chi connectivity index (χ0n) is 11.1. The van der Waals surface area contributed by atoms with Gasteiger partial charge in [-0.1, -0.05) is 13.0 Å². The van der Waals surface area contributed by atoms with E-state index in [0.717, 1.165) is 18.7 Å². The molecule has 0 N–H and O–H groups in total. The van der Waals surface area contributed by atoms with Crippen LogP contribution in [0.2, 0.25) is 0 Å². The largest absolute Gasteiger partial charge is 0.463 e. The van der Waals surface area contributed by atoms with Crippen LogP contribution in [-0.2, 0) is 17.8 Å². The van der Waals surface area contributed by atoms with E-state index in [1.165, 1.54) is 18.3 Å². The van der Waals surface area contributed by atoms with Crippen molar-refractivity contribution in [3.8, 4) is 0 Å². The van der Waals surface area contributed by atoms with E-state index in [2.05, 4.69) is 23.3 Å². The highest BCUT2D eigenvalue weighted by Gasteiger charge is 2.17. The lowest BCUT2D eigenvalue weighted by atomic mass is 10.2. The third-order valence-electron chi connectivity index (χ3n) is 2.92. The zero-order chi connectivity index (χ0) is 13.7. The Morgan fingerprint density at radius 2 is 2.26 bits per heavy atom. The molecule has 19 heavy (non-hydrogen) atoms. The molecular formula is C14H17NO3S. The van der Waals surface area contributed by atoms with E-state index in [4.69, 9.17) is 9.15 Å². The number of nitrogens with zero attached hydrogens (tertiary/aromatic N) is 1. The van der Waals surface area contributed by atoms with Gasteiger partial charge in [-0.25, -0.2) is 4.79 Å². The molecule has 0 aromatic carbocycles. The highest BCUT2D eigenvalue weighted by molar-refractivity contribution is 7.09. The first-order chi connectivity index (χ1) is 9.24. The fourth-order valence-corrected chi connectivity index (χ4v) is 2.62. The van der Waals surface area contributed by atoms with E-state index in [9.17, 15) is 4.79 Å². The van der Waals surface area contributed by atoms with Gasteiger partial charge in [0, 0.05) is 23.5 Å². The number of rotatable bonds is 6. The molecule has 0 aliphatic heterocycles. The maximum Gasteiger partial charge on any atom is 0.374 e. The average molecular weight is 279 g/mol. The standard InChI is InChI=1S/C14H17NO3S/c1-3-15(10-12-5-4-8-19-12)9-11-6-7-18-13(11)14(16)17-2/h4-8H,3,9-10H2,1-2H3. The van der Waals surface area contributed by atoms with E-state index in [1.807, 2.05) is 12.1 Å². The van der Waals surface area contributed by atoms with Crippen molar-refractivity contribution in [3.63, 3.8) is 0 Å². The Balaban J connectivity index is 2.06. The van der Waals surface area contributed by atoms with Crippen molar-refractivity contribution in [1.82, 2.24) is 4.90 Å². The maximum atomic E-state index is 11.5. The SMILES string of the molecule is CCN(Cc1cccs1)Cc1ccoc1C(=O)OC. The lowest BCUT2D eigenvalue weighted by Gasteiger charge is -2.19. The van der Waals surface area contributed by atoms with Gasteiger partial charge in [-0.15, -0.1) is 11.3 Å². The molecule has 0 aliphatic rings. The molecule has 2 aromatic heterocycles. The minimum absolute atomic E-state index is 0.298. The number of methoxy groups -OCH3 is 1. The van der Waals surface area contributed by atoms with E-state index in [1.54, 1.807) is 11.3 Å².